The Morgan fingerprint density at radius 2 is 1.89 bits per heavy atom. The fraction of sp³-hybridized carbons (Fsp3) is 0.143. The quantitative estimate of drug-likeness (QED) is 0.662. The first-order valence-electron chi connectivity index (χ1n) is 8.42. The number of halogens is 2. The summed E-state index contributed by atoms with van der Waals surface area (Å²) >= 11 is 6.26. The highest BCUT2D eigenvalue weighted by Crippen LogP contribution is 2.28. The predicted octanol–water partition coefficient (Wildman–Crippen LogP) is 4.49. The fourth-order valence-electron chi connectivity index (χ4n) is 2.69. The Kier molecular flexibility index (Phi) is 6.11. The van der Waals surface area contributed by atoms with Gasteiger partial charge in [0.25, 0.3) is 5.91 Å². The maximum Gasteiger partial charge on any atom is 0.253 e. The van der Waals surface area contributed by atoms with Gasteiger partial charge in [0.15, 0.2) is 11.5 Å². The molecule has 1 N–H and O–H groups in total. The van der Waals surface area contributed by atoms with Crippen molar-refractivity contribution in [3.63, 3.8) is 0 Å². The van der Waals surface area contributed by atoms with Crippen LogP contribution in [0.25, 0.3) is 11.3 Å². The molecule has 144 valence electrons. The summed E-state index contributed by atoms with van der Waals surface area (Å²) in [5.74, 6) is 0.488. The number of hydrogen-bond donors (Lipinski definition) is 1. The van der Waals surface area contributed by atoms with Crippen LogP contribution in [0.4, 0.5) is 4.39 Å². The van der Waals surface area contributed by atoms with Crippen molar-refractivity contribution in [2.45, 2.75) is 6.54 Å². The summed E-state index contributed by atoms with van der Waals surface area (Å²) < 4.78 is 23.9. The maximum atomic E-state index is 13.4. The summed E-state index contributed by atoms with van der Waals surface area (Å²) in [6.07, 6.45) is 1.41. The number of benzene rings is 2. The van der Waals surface area contributed by atoms with Gasteiger partial charge >= 0.3 is 0 Å². The monoisotopic (exact) mass is 400 g/mol. The van der Waals surface area contributed by atoms with Gasteiger partial charge in [0, 0.05) is 18.3 Å². The molecule has 0 aliphatic rings. The average Bonchev–Trinajstić information content (AvgIpc) is 2.71. The van der Waals surface area contributed by atoms with Gasteiger partial charge in [-0.2, -0.15) is 0 Å². The molecule has 7 heteroatoms. The minimum Gasteiger partial charge on any atom is -0.493 e. The summed E-state index contributed by atoms with van der Waals surface area (Å²) in [6.45, 7) is 0.294. The third kappa shape index (κ3) is 4.40. The molecule has 0 aliphatic carbocycles. The van der Waals surface area contributed by atoms with E-state index in [0.717, 1.165) is 5.56 Å². The highest BCUT2D eigenvalue weighted by Gasteiger charge is 2.12. The van der Waals surface area contributed by atoms with Gasteiger partial charge in [-0.1, -0.05) is 29.8 Å². The Balaban J connectivity index is 1.72. The number of amides is 1. The van der Waals surface area contributed by atoms with Crippen molar-refractivity contribution in [1.82, 2.24) is 10.3 Å². The number of carbonyl (C=O) groups excluding carboxylic acids is 1. The van der Waals surface area contributed by atoms with Crippen molar-refractivity contribution in [2.24, 2.45) is 0 Å². The van der Waals surface area contributed by atoms with Crippen LogP contribution < -0.4 is 14.8 Å². The number of nitrogens with zero attached hydrogens (tertiary/aromatic N) is 1. The van der Waals surface area contributed by atoms with Crippen LogP contribution >= 0.6 is 11.6 Å². The molecule has 0 unspecified atom stereocenters. The molecule has 1 heterocycles. The zero-order valence-corrected chi connectivity index (χ0v) is 16.1. The van der Waals surface area contributed by atoms with E-state index in [0.29, 0.717) is 34.9 Å². The first kappa shape index (κ1) is 19.6. The van der Waals surface area contributed by atoms with Gasteiger partial charge in [-0.05, 0) is 35.9 Å². The van der Waals surface area contributed by atoms with Crippen molar-refractivity contribution in [3.05, 3.63) is 76.7 Å². The van der Waals surface area contributed by atoms with Crippen LogP contribution in [-0.4, -0.2) is 25.1 Å². The van der Waals surface area contributed by atoms with E-state index in [2.05, 4.69) is 10.3 Å². The maximum absolute atomic E-state index is 13.4. The van der Waals surface area contributed by atoms with Crippen LogP contribution in [0.2, 0.25) is 5.02 Å². The van der Waals surface area contributed by atoms with Crippen LogP contribution in [-0.2, 0) is 6.54 Å². The molecule has 3 rings (SSSR count). The molecule has 0 saturated heterocycles. The molecule has 0 radical (unpaired) electrons. The highest BCUT2D eigenvalue weighted by atomic mass is 35.5. The zero-order valence-electron chi connectivity index (χ0n) is 15.3. The smallest absolute Gasteiger partial charge is 0.253 e. The van der Waals surface area contributed by atoms with E-state index in [4.69, 9.17) is 21.1 Å². The van der Waals surface area contributed by atoms with E-state index in [1.54, 1.807) is 38.5 Å². The lowest BCUT2D eigenvalue weighted by Crippen LogP contribution is -2.23. The largest absolute Gasteiger partial charge is 0.493 e. The van der Waals surface area contributed by atoms with Crippen LogP contribution in [0.1, 0.15) is 15.9 Å². The van der Waals surface area contributed by atoms with E-state index in [1.165, 1.54) is 24.4 Å². The van der Waals surface area contributed by atoms with Crippen molar-refractivity contribution in [1.29, 1.82) is 0 Å². The molecule has 0 bridgehead atoms. The molecule has 0 fully saturated rings. The molecule has 0 saturated carbocycles. The molecule has 0 atom stereocenters. The topological polar surface area (TPSA) is 60.5 Å². The number of ether oxygens (including phenoxy) is 2. The molecular weight excluding hydrogens is 383 g/mol. The molecule has 1 aromatic heterocycles. The lowest BCUT2D eigenvalue weighted by Gasteiger charge is -2.11. The van der Waals surface area contributed by atoms with Gasteiger partial charge in [0.05, 0.1) is 30.5 Å². The fourth-order valence-corrected chi connectivity index (χ4v) is 2.96. The van der Waals surface area contributed by atoms with Gasteiger partial charge in [0.2, 0.25) is 0 Å². The van der Waals surface area contributed by atoms with Crippen LogP contribution in [0, 0.1) is 5.82 Å². The molecule has 28 heavy (non-hydrogen) atoms. The van der Waals surface area contributed by atoms with Crippen molar-refractivity contribution < 1.29 is 18.7 Å². The highest BCUT2D eigenvalue weighted by molar-refractivity contribution is 6.33. The van der Waals surface area contributed by atoms with E-state index in [-0.39, 0.29) is 16.7 Å². The zero-order chi connectivity index (χ0) is 20.1. The lowest BCUT2D eigenvalue weighted by molar-refractivity contribution is 0.0950. The third-order valence-corrected chi connectivity index (χ3v) is 4.39. The first-order chi connectivity index (χ1) is 13.5. The van der Waals surface area contributed by atoms with Crippen molar-refractivity contribution >= 4 is 17.5 Å². The second-order valence-corrected chi connectivity index (χ2v) is 6.34. The standard InChI is InChI=1S/C21H18ClFN2O3/c1-27-18-7-6-13(8-19(18)28-2)11-25-21(26)15-10-17(22)20(24-12-15)14-4-3-5-16(23)9-14/h3-10,12H,11H2,1-2H3,(H,25,26). The first-order valence-corrected chi connectivity index (χ1v) is 8.80. The minimum absolute atomic E-state index is 0.268. The van der Waals surface area contributed by atoms with Crippen molar-refractivity contribution in [3.8, 4) is 22.8 Å². The van der Waals surface area contributed by atoms with Gasteiger partial charge in [-0.3, -0.25) is 9.78 Å². The number of aromatic nitrogens is 1. The Morgan fingerprint density at radius 1 is 1.11 bits per heavy atom. The number of hydrogen-bond acceptors (Lipinski definition) is 4. The Labute approximate surface area is 167 Å². The van der Waals surface area contributed by atoms with E-state index >= 15 is 0 Å². The SMILES string of the molecule is COc1ccc(CNC(=O)c2cnc(-c3cccc(F)c3)c(Cl)c2)cc1OC. The summed E-state index contributed by atoms with van der Waals surface area (Å²) in [5.41, 5.74) is 2.12. The van der Waals surface area contributed by atoms with E-state index < -0.39 is 0 Å². The molecule has 2 aromatic carbocycles. The average molecular weight is 401 g/mol. The van der Waals surface area contributed by atoms with Crippen LogP contribution in [0.5, 0.6) is 11.5 Å². The molecule has 5 nitrogen and oxygen atoms in total. The summed E-state index contributed by atoms with van der Waals surface area (Å²) in [5, 5.41) is 3.07. The summed E-state index contributed by atoms with van der Waals surface area (Å²) in [4.78, 5) is 16.6. The summed E-state index contributed by atoms with van der Waals surface area (Å²) in [7, 11) is 3.11. The number of rotatable bonds is 6. The molecule has 1 amide bonds. The Bertz CT molecular complexity index is 1010. The van der Waals surface area contributed by atoms with Crippen molar-refractivity contribution in [2.75, 3.05) is 14.2 Å². The number of pyridine rings is 1. The van der Waals surface area contributed by atoms with Crippen LogP contribution in [0.3, 0.4) is 0 Å². The summed E-state index contributed by atoms with van der Waals surface area (Å²) in [6, 6.07) is 12.9. The molecule has 0 spiro atoms. The minimum atomic E-state index is -0.382. The van der Waals surface area contributed by atoms with Gasteiger partial charge < -0.3 is 14.8 Å². The molecule has 3 aromatic rings. The lowest BCUT2D eigenvalue weighted by atomic mass is 10.1. The number of nitrogens with one attached hydrogen (secondary N) is 1. The number of carbonyl (C=O) groups is 1. The Morgan fingerprint density at radius 3 is 2.57 bits per heavy atom. The van der Waals surface area contributed by atoms with Gasteiger partial charge in [-0.15, -0.1) is 0 Å². The third-order valence-electron chi connectivity index (χ3n) is 4.10. The number of methoxy groups -OCH3 is 2. The molecular formula is C21H18ClFN2O3. The van der Waals surface area contributed by atoms with Gasteiger partial charge in [-0.25, -0.2) is 4.39 Å². The van der Waals surface area contributed by atoms with E-state index in [9.17, 15) is 9.18 Å². The normalized spacial score (nSPS) is 10.4. The molecule has 0 aliphatic heterocycles. The Hall–Kier alpha value is -3.12. The second-order valence-electron chi connectivity index (χ2n) is 5.94. The van der Waals surface area contributed by atoms with Crippen LogP contribution in [0.15, 0.2) is 54.7 Å². The predicted molar refractivity (Wildman–Crippen MR) is 105 cm³/mol. The van der Waals surface area contributed by atoms with Gasteiger partial charge in [0.1, 0.15) is 5.82 Å². The second kappa shape index (κ2) is 8.71. The van der Waals surface area contributed by atoms with E-state index in [1.807, 2.05) is 6.07 Å².